The molecule has 1 aromatic heterocycles. The summed E-state index contributed by atoms with van der Waals surface area (Å²) in [5.41, 5.74) is 0.575. The highest BCUT2D eigenvalue weighted by atomic mass is 79.9. The van der Waals surface area contributed by atoms with E-state index in [-0.39, 0.29) is 5.69 Å². The molecule has 0 radical (unpaired) electrons. The quantitative estimate of drug-likeness (QED) is 0.730. The summed E-state index contributed by atoms with van der Waals surface area (Å²) < 4.78 is 9.29. The van der Waals surface area contributed by atoms with E-state index in [4.69, 9.17) is 4.74 Å². The molecule has 1 aliphatic rings. The average Bonchev–Trinajstić information content (AvgIpc) is 2.56. The first kappa shape index (κ1) is 9.65. The fourth-order valence-electron chi connectivity index (χ4n) is 1.80. The van der Waals surface area contributed by atoms with Crippen LogP contribution in [-0.2, 0) is 13.7 Å². The van der Waals surface area contributed by atoms with Crippen molar-refractivity contribution in [3.8, 4) is 11.4 Å². The zero-order chi connectivity index (χ0) is 11.3. The summed E-state index contributed by atoms with van der Waals surface area (Å²) in [5, 5.41) is 4.11. The fourth-order valence-corrected chi connectivity index (χ4v) is 2.27. The van der Waals surface area contributed by atoms with Crippen LogP contribution in [0.4, 0.5) is 0 Å². The number of ether oxygens (including phenoxy) is 1. The van der Waals surface area contributed by atoms with Crippen molar-refractivity contribution in [1.29, 1.82) is 0 Å². The molecule has 0 aliphatic carbocycles. The molecule has 0 unspecified atom stereocenters. The summed E-state index contributed by atoms with van der Waals surface area (Å²) in [4.78, 5) is 11.9. The average molecular weight is 282 g/mol. The van der Waals surface area contributed by atoms with Crippen molar-refractivity contribution >= 4 is 15.9 Å². The van der Waals surface area contributed by atoms with E-state index in [9.17, 15) is 4.79 Å². The Morgan fingerprint density at radius 3 is 3.12 bits per heavy atom. The van der Waals surface area contributed by atoms with Gasteiger partial charge in [0.15, 0.2) is 11.6 Å². The highest BCUT2D eigenvalue weighted by Crippen LogP contribution is 2.34. The van der Waals surface area contributed by atoms with Gasteiger partial charge >= 0.3 is 5.69 Å². The fraction of sp³-hybridized carbons (Fsp3) is 0.200. The number of aromatic nitrogens is 3. The third kappa shape index (κ3) is 1.16. The Balaban J connectivity index is 2.38. The molecule has 1 aromatic carbocycles. The first-order valence-corrected chi connectivity index (χ1v) is 5.54. The highest BCUT2D eigenvalue weighted by molar-refractivity contribution is 9.10. The monoisotopic (exact) mass is 281 g/mol. The number of rotatable bonds is 0. The molecule has 0 spiro atoms. The van der Waals surface area contributed by atoms with Gasteiger partial charge in [-0.2, -0.15) is 5.10 Å². The lowest BCUT2D eigenvalue weighted by Gasteiger charge is -2.18. The molecule has 0 saturated heterocycles. The lowest BCUT2D eigenvalue weighted by molar-refractivity contribution is 0.276. The Kier molecular flexibility index (Phi) is 1.94. The summed E-state index contributed by atoms with van der Waals surface area (Å²) >= 11 is 3.40. The minimum atomic E-state index is -0.155. The molecule has 16 heavy (non-hydrogen) atoms. The van der Waals surface area contributed by atoms with Crippen molar-refractivity contribution in [3.05, 3.63) is 39.0 Å². The van der Waals surface area contributed by atoms with Gasteiger partial charge < -0.3 is 4.74 Å². The third-order valence-electron chi connectivity index (χ3n) is 2.52. The third-order valence-corrected chi connectivity index (χ3v) is 3.15. The van der Waals surface area contributed by atoms with Crippen molar-refractivity contribution in [1.82, 2.24) is 14.3 Å². The Morgan fingerprint density at radius 2 is 2.31 bits per heavy atom. The van der Waals surface area contributed by atoms with Crippen molar-refractivity contribution in [2.45, 2.75) is 6.61 Å². The molecule has 0 atom stereocenters. The van der Waals surface area contributed by atoms with E-state index in [0.29, 0.717) is 18.2 Å². The predicted octanol–water partition coefficient (Wildman–Crippen LogP) is 1.23. The minimum Gasteiger partial charge on any atom is -0.482 e. The standard InChI is InChI=1S/C10H8BrN3O2/c1-13-10(15)14-7-4-2-3-6(11)9(7)16-5-8(14)12-13/h2-4H,5H2,1H3. The predicted molar refractivity (Wildman–Crippen MR) is 60.8 cm³/mol. The zero-order valence-electron chi connectivity index (χ0n) is 8.48. The van der Waals surface area contributed by atoms with E-state index in [2.05, 4.69) is 21.0 Å². The van der Waals surface area contributed by atoms with Gasteiger partial charge in [-0.15, -0.1) is 0 Å². The van der Waals surface area contributed by atoms with Crippen LogP contribution in [0.1, 0.15) is 5.82 Å². The maximum absolute atomic E-state index is 11.9. The summed E-state index contributed by atoms with van der Waals surface area (Å²) in [6.45, 7) is 0.311. The van der Waals surface area contributed by atoms with Crippen LogP contribution in [0, 0.1) is 0 Å². The van der Waals surface area contributed by atoms with Crippen molar-refractivity contribution in [3.63, 3.8) is 0 Å². The van der Waals surface area contributed by atoms with Crippen molar-refractivity contribution in [2.75, 3.05) is 0 Å². The SMILES string of the molecule is Cn1nc2n(c1=O)-c1cccc(Br)c1OC2. The van der Waals surface area contributed by atoms with Gasteiger partial charge in [-0.1, -0.05) is 6.07 Å². The topological polar surface area (TPSA) is 49.0 Å². The second-order valence-electron chi connectivity index (χ2n) is 3.53. The van der Waals surface area contributed by atoms with Gasteiger partial charge in [-0.3, -0.25) is 0 Å². The molecule has 2 heterocycles. The van der Waals surface area contributed by atoms with Crippen LogP contribution in [0.5, 0.6) is 5.75 Å². The molecule has 0 saturated carbocycles. The highest BCUT2D eigenvalue weighted by Gasteiger charge is 2.23. The lowest BCUT2D eigenvalue weighted by atomic mass is 10.2. The molecule has 0 bridgehead atoms. The maximum atomic E-state index is 11.9. The number of fused-ring (bicyclic) bond motifs is 3. The number of para-hydroxylation sites is 1. The van der Waals surface area contributed by atoms with E-state index < -0.39 is 0 Å². The van der Waals surface area contributed by atoms with E-state index in [1.165, 1.54) is 4.68 Å². The molecule has 0 N–H and O–H groups in total. The van der Waals surface area contributed by atoms with Gasteiger partial charge in [-0.25, -0.2) is 14.0 Å². The molecule has 0 amide bonds. The number of aryl methyl sites for hydroxylation is 1. The van der Waals surface area contributed by atoms with E-state index >= 15 is 0 Å². The Bertz CT molecular complexity index is 629. The maximum Gasteiger partial charge on any atom is 0.350 e. The van der Waals surface area contributed by atoms with E-state index in [0.717, 1.165) is 10.2 Å². The summed E-state index contributed by atoms with van der Waals surface area (Å²) in [7, 11) is 1.63. The van der Waals surface area contributed by atoms with Crippen LogP contribution in [0.3, 0.4) is 0 Å². The molecule has 6 heteroatoms. The summed E-state index contributed by atoms with van der Waals surface area (Å²) in [5.74, 6) is 1.31. The van der Waals surface area contributed by atoms with Gasteiger partial charge in [-0.05, 0) is 28.1 Å². The second kappa shape index (κ2) is 3.21. The van der Waals surface area contributed by atoms with Gasteiger partial charge in [0.2, 0.25) is 0 Å². The molecule has 1 aliphatic heterocycles. The second-order valence-corrected chi connectivity index (χ2v) is 4.39. The van der Waals surface area contributed by atoms with Gasteiger partial charge in [0.05, 0.1) is 10.2 Å². The summed E-state index contributed by atoms with van der Waals surface area (Å²) in [6, 6.07) is 5.58. The van der Waals surface area contributed by atoms with Gasteiger partial charge in [0.25, 0.3) is 0 Å². The Labute approximate surface area is 99.4 Å². The van der Waals surface area contributed by atoms with Crippen LogP contribution >= 0.6 is 15.9 Å². The molecule has 82 valence electrons. The molecule has 5 nitrogen and oxygen atoms in total. The van der Waals surface area contributed by atoms with Gasteiger partial charge in [0, 0.05) is 7.05 Å². The van der Waals surface area contributed by atoms with Crippen LogP contribution in [0.25, 0.3) is 5.69 Å². The number of hydrogen-bond acceptors (Lipinski definition) is 3. The number of nitrogens with zero attached hydrogens (tertiary/aromatic N) is 3. The number of hydrogen-bond donors (Lipinski definition) is 0. The van der Waals surface area contributed by atoms with Crippen molar-refractivity contribution in [2.24, 2.45) is 7.05 Å². The molecule has 0 fully saturated rings. The van der Waals surface area contributed by atoms with Crippen LogP contribution < -0.4 is 10.4 Å². The van der Waals surface area contributed by atoms with Crippen molar-refractivity contribution < 1.29 is 4.74 Å². The van der Waals surface area contributed by atoms with Crippen LogP contribution in [0.2, 0.25) is 0 Å². The van der Waals surface area contributed by atoms with Crippen LogP contribution in [0.15, 0.2) is 27.5 Å². The molecule has 2 aromatic rings. The van der Waals surface area contributed by atoms with Gasteiger partial charge in [0.1, 0.15) is 6.61 Å². The van der Waals surface area contributed by atoms with E-state index in [1.54, 1.807) is 11.6 Å². The number of benzene rings is 1. The summed E-state index contributed by atoms with van der Waals surface area (Å²) in [6.07, 6.45) is 0. The molecular formula is C10H8BrN3O2. The van der Waals surface area contributed by atoms with Crippen LogP contribution in [-0.4, -0.2) is 14.3 Å². The Hall–Kier alpha value is -1.56. The van der Waals surface area contributed by atoms with E-state index in [1.807, 2.05) is 18.2 Å². The normalized spacial score (nSPS) is 12.9. The smallest absolute Gasteiger partial charge is 0.350 e. The largest absolute Gasteiger partial charge is 0.482 e. The first-order chi connectivity index (χ1) is 7.68. The lowest BCUT2D eigenvalue weighted by Crippen LogP contribution is -2.25. The molecule has 3 rings (SSSR count). The minimum absolute atomic E-state index is 0.155. The molecular weight excluding hydrogens is 274 g/mol. The number of halogens is 1. The zero-order valence-corrected chi connectivity index (χ0v) is 10.1. The first-order valence-electron chi connectivity index (χ1n) is 4.75. The Morgan fingerprint density at radius 1 is 1.50 bits per heavy atom.